The van der Waals surface area contributed by atoms with Crippen LogP contribution in [0.2, 0.25) is 0 Å². The summed E-state index contributed by atoms with van der Waals surface area (Å²) in [7, 11) is 0. The van der Waals surface area contributed by atoms with Crippen LogP contribution >= 0.6 is 0 Å². The second-order valence-electron chi connectivity index (χ2n) is 18.9. The number of unbranched alkanes of at least 4 members (excludes halogenated alkanes) is 36. The minimum absolute atomic E-state index is 0.0671. The van der Waals surface area contributed by atoms with Crippen LogP contribution in [-0.2, 0) is 28.6 Å². The van der Waals surface area contributed by atoms with E-state index >= 15 is 0 Å². The Labute approximate surface area is 392 Å². The quantitative estimate of drug-likeness (QED) is 0.0262. The van der Waals surface area contributed by atoms with Gasteiger partial charge in [-0.2, -0.15) is 0 Å². The van der Waals surface area contributed by atoms with E-state index in [2.05, 4.69) is 45.1 Å². The van der Waals surface area contributed by atoms with Gasteiger partial charge in [-0.1, -0.05) is 257 Å². The number of hydrogen-bond donors (Lipinski definition) is 0. The predicted molar refractivity (Wildman–Crippen MR) is 270 cm³/mol. The summed E-state index contributed by atoms with van der Waals surface area (Å²) in [6.45, 7) is 6.63. The normalized spacial score (nSPS) is 12.1. The Morgan fingerprint density at radius 1 is 0.317 bits per heavy atom. The number of esters is 3. The van der Waals surface area contributed by atoms with Crippen molar-refractivity contribution in [3.05, 3.63) is 24.3 Å². The van der Waals surface area contributed by atoms with Crippen LogP contribution in [-0.4, -0.2) is 37.2 Å². The molecule has 0 heterocycles. The van der Waals surface area contributed by atoms with Crippen molar-refractivity contribution in [2.45, 2.75) is 309 Å². The molecule has 0 N–H and O–H groups in total. The molecule has 0 spiro atoms. The number of hydrogen-bond acceptors (Lipinski definition) is 6. The molecule has 0 aromatic rings. The summed E-state index contributed by atoms with van der Waals surface area (Å²) in [6, 6.07) is 0. The maximum atomic E-state index is 12.8. The number of ether oxygens (including phenoxy) is 3. The molecule has 0 rings (SSSR count). The van der Waals surface area contributed by atoms with Crippen LogP contribution in [0.3, 0.4) is 0 Å². The van der Waals surface area contributed by atoms with E-state index in [-0.39, 0.29) is 31.1 Å². The van der Waals surface area contributed by atoms with Crippen LogP contribution < -0.4 is 0 Å². The van der Waals surface area contributed by atoms with Crippen molar-refractivity contribution in [3.8, 4) is 0 Å². The molecule has 1 atom stereocenters. The molecule has 0 aliphatic rings. The zero-order chi connectivity index (χ0) is 45.8. The van der Waals surface area contributed by atoms with E-state index in [4.69, 9.17) is 14.2 Å². The highest BCUT2D eigenvalue weighted by Crippen LogP contribution is 2.16. The van der Waals surface area contributed by atoms with Gasteiger partial charge in [-0.05, 0) is 51.4 Å². The lowest BCUT2D eigenvalue weighted by Gasteiger charge is -2.18. The Kier molecular flexibility index (Phi) is 50.8. The molecular formula is C57H106O6. The van der Waals surface area contributed by atoms with Gasteiger partial charge in [0.05, 0.1) is 0 Å². The van der Waals surface area contributed by atoms with Gasteiger partial charge >= 0.3 is 17.9 Å². The number of carbonyl (C=O) groups excluding carboxylic acids is 3. The van der Waals surface area contributed by atoms with Crippen molar-refractivity contribution in [3.63, 3.8) is 0 Å². The van der Waals surface area contributed by atoms with Crippen LogP contribution in [0.5, 0.6) is 0 Å². The van der Waals surface area contributed by atoms with Crippen LogP contribution in [0.1, 0.15) is 303 Å². The van der Waals surface area contributed by atoms with Gasteiger partial charge in [0.25, 0.3) is 0 Å². The van der Waals surface area contributed by atoms with Crippen LogP contribution in [0.4, 0.5) is 0 Å². The highest BCUT2D eigenvalue weighted by molar-refractivity contribution is 5.71. The monoisotopic (exact) mass is 887 g/mol. The fourth-order valence-electron chi connectivity index (χ4n) is 8.24. The number of allylic oxidation sites excluding steroid dienone is 4. The molecule has 0 aromatic carbocycles. The van der Waals surface area contributed by atoms with Gasteiger partial charge in [0.15, 0.2) is 6.10 Å². The fourth-order valence-corrected chi connectivity index (χ4v) is 8.24. The van der Waals surface area contributed by atoms with E-state index < -0.39 is 6.10 Å². The molecule has 6 heteroatoms. The molecule has 0 saturated heterocycles. The van der Waals surface area contributed by atoms with Crippen LogP contribution in [0.25, 0.3) is 0 Å². The molecule has 6 nitrogen and oxygen atoms in total. The van der Waals surface area contributed by atoms with E-state index in [1.54, 1.807) is 0 Å². The minimum Gasteiger partial charge on any atom is -0.462 e. The Balaban J connectivity index is 4.16. The van der Waals surface area contributed by atoms with E-state index in [9.17, 15) is 14.4 Å². The molecule has 0 bridgehead atoms. The van der Waals surface area contributed by atoms with Crippen molar-refractivity contribution in [1.29, 1.82) is 0 Å². The number of rotatable bonds is 51. The van der Waals surface area contributed by atoms with Gasteiger partial charge in [-0.3, -0.25) is 14.4 Å². The van der Waals surface area contributed by atoms with E-state index in [0.29, 0.717) is 19.3 Å². The van der Waals surface area contributed by atoms with Crippen molar-refractivity contribution >= 4 is 17.9 Å². The first-order chi connectivity index (χ1) is 31.0. The van der Waals surface area contributed by atoms with Gasteiger partial charge in [0.2, 0.25) is 0 Å². The van der Waals surface area contributed by atoms with Crippen molar-refractivity contribution in [2.75, 3.05) is 13.2 Å². The first-order valence-electron chi connectivity index (χ1n) is 27.8. The zero-order valence-electron chi connectivity index (χ0n) is 42.4. The second-order valence-corrected chi connectivity index (χ2v) is 18.9. The molecule has 370 valence electrons. The molecule has 0 radical (unpaired) electrons. The van der Waals surface area contributed by atoms with Crippen molar-refractivity contribution in [1.82, 2.24) is 0 Å². The summed E-state index contributed by atoms with van der Waals surface area (Å²) in [6.07, 6.45) is 60.4. The smallest absolute Gasteiger partial charge is 0.306 e. The van der Waals surface area contributed by atoms with Gasteiger partial charge in [0.1, 0.15) is 13.2 Å². The average molecular weight is 887 g/mol. The summed E-state index contributed by atoms with van der Waals surface area (Å²) in [4.78, 5) is 37.9. The maximum absolute atomic E-state index is 12.8. The Morgan fingerprint density at radius 2 is 0.571 bits per heavy atom. The topological polar surface area (TPSA) is 78.9 Å². The third-order valence-corrected chi connectivity index (χ3v) is 12.5. The Hall–Kier alpha value is -2.11. The van der Waals surface area contributed by atoms with Crippen molar-refractivity contribution < 1.29 is 28.6 Å². The highest BCUT2D eigenvalue weighted by atomic mass is 16.6. The summed E-state index contributed by atoms with van der Waals surface area (Å²) in [5.74, 6) is -0.857. The third kappa shape index (κ3) is 50.7. The van der Waals surface area contributed by atoms with Gasteiger partial charge in [0, 0.05) is 19.3 Å². The van der Waals surface area contributed by atoms with Gasteiger partial charge < -0.3 is 14.2 Å². The van der Waals surface area contributed by atoms with E-state index in [1.807, 2.05) is 0 Å². The molecule has 0 amide bonds. The Bertz CT molecular complexity index is 1020. The third-order valence-electron chi connectivity index (χ3n) is 12.5. The highest BCUT2D eigenvalue weighted by Gasteiger charge is 2.19. The Morgan fingerprint density at radius 3 is 0.873 bits per heavy atom. The standard InChI is InChI=1S/C57H106O6/c1-4-7-10-13-16-19-21-23-25-26-27-28-29-30-31-32-33-35-36-38-41-44-47-50-56(59)62-53-54(52-61-55(58)49-46-43-40-18-15-12-9-6-3)63-57(60)51-48-45-42-39-37-34-24-22-20-17-14-11-8-5-2/h21,23,26-27,54H,4-20,22,24-25,28-53H2,1-3H3/b23-21-,27-26-. The minimum atomic E-state index is -0.764. The molecule has 0 aliphatic heterocycles. The molecule has 0 aliphatic carbocycles. The van der Waals surface area contributed by atoms with Crippen LogP contribution in [0, 0.1) is 0 Å². The second kappa shape index (κ2) is 52.5. The fraction of sp³-hybridized carbons (Fsp3) is 0.877. The molecule has 0 saturated carbocycles. The lowest BCUT2D eigenvalue weighted by Crippen LogP contribution is -2.30. The largest absolute Gasteiger partial charge is 0.462 e. The SMILES string of the molecule is CCCCCCC/C=C\C/C=C\CCCCCCCCCCCCCC(=O)OCC(COC(=O)CCCCCCCCCC)OC(=O)CCCCCCCCCCCCCCCC. The molecule has 63 heavy (non-hydrogen) atoms. The van der Waals surface area contributed by atoms with E-state index in [1.165, 1.54) is 199 Å². The summed E-state index contributed by atoms with van der Waals surface area (Å²) in [5, 5.41) is 0. The molecule has 0 aromatic heterocycles. The molecular weight excluding hydrogens is 781 g/mol. The summed E-state index contributed by atoms with van der Waals surface area (Å²) in [5.41, 5.74) is 0. The number of carbonyl (C=O) groups is 3. The van der Waals surface area contributed by atoms with E-state index in [0.717, 1.165) is 64.2 Å². The summed E-state index contributed by atoms with van der Waals surface area (Å²) < 4.78 is 16.8. The first kappa shape index (κ1) is 60.9. The summed E-state index contributed by atoms with van der Waals surface area (Å²) >= 11 is 0. The van der Waals surface area contributed by atoms with Gasteiger partial charge in [-0.25, -0.2) is 0 Å². The van der Waals surface area contributed by atoms with Crippen LogP contribution in [0.15, 0.2) is 24.3 Å². The van der Waals surface area contributed by atoms with Gasteiger partial charge in [-0.15, -0.1) is 0 Å². The average Bonchev–Trinajstić information content (AvgIpc) is 3.28. The lowest BCUT2D eigenvalue weighted by atomic mass is 10.0. The molecule has 1 unspecified atom stereocenters. The van der Waals surface area contributed by atoms with Crippen molar-refractivity contribution in [2.24, 2.45) is 0 Å². The maximum Gasteiger partial charge on any atom is 0.306 e. The first-order valence-corrected chi connectivity index (χ1v) is 27.8. The molecule has 0 fully saturated rings. The zero-order valence-corrected chi connectivity index (χ0v) is 42.4. The predicted octanol–water partition coefficient (Wildman–Crippen LogP) is 18.3. The lowest BCUT2D eigenvalue weighted by molar-refractivity contribution is -0.167.